The monoisotopic (exact) mass is 277 g/mol. The summed E-state index contributed by atoms with van der Waals surface area (Å²) in [6, 6.07) is 3.12. The van der Waals surface area contributed by atoms with Gasteiger partial charge in [-0.15, -0.1) is 0 Å². The van der Waals surface area contributed by atoms with Crippen molar-refractivity contribution in [2.75, 3.05) is 0 Å². The lowest BCUT2D eigenvalue weighted by atomic mass is 10.1. The molecule has 17 heavy (non-hydrogen) atoms. The first kappa shape index (κ1) is 14.7. The molecule has 0 spiro atoms. The molecule has 0 aliphatic heterocycles. The molecular formula is C13H18Cl2FN. The Hall–Kier alpha value is -0.310. The van der Waals surface area contributed by atoms with Crippen molar-refractivity contribution in [1.82, 2.24) is 5.32 Å². The van der Waals surface area contributed by atoms with Gasteiger partial charge in [0, 0.05) is 22.7 Å². The Kier molecular flexibility index (Phi) is 5.71. The second-order valence-electron chi connectivity index (χ2n) is 4.33. The molecule has 1 aromatic rings. The first-order valence-electron chi connectivity index (χ1n) is 5.86. The summed E-state index contributed by atoms with van der Waals surface area (Å²) in [5, 5.41) is 3.98. The fraction of sp³-hybridized carbons (Fsp3) is 0.538. The maximum Gasteiger partial charge on any atom is 0.142 e. The number of nitrogens with one attached hydrogen (secondary N) is 1. The predicted molar refractivity (Wildman–Crippen MR) is 72.3 cm³/mol. The smallest absolute Gasteiger partial charge is 0.142 e. The van der Waals surface area contributed by atoms with E-state index >= 15 is 0 Å². The summed E-state index contributed by atoms with van der Waals surface area (Å²) in [6.07, 6.45) is 2.17. The van der Waals surface area contributed by atoms with E-state index in [1.807, 2.05) is 6.92 Å². The molecule has 0 fully saturated rings. The van der Waals surface area contributed by atoms with Crippen molar-refractivity contribution in [2.24, 2.45) is 0 Å². The molecule has 1 N–H and O–H groups in total. The topological polar surface area (TPSA) is 12.0 Å². The highest BCUT2D eigenvalue weighted by atomic mass is 35.5. The van der Waals surface area contributed by atoms with Crippen LogP contribution in [0.1, 0.15) is 45.2 Å². The molecule has 0 saturated carbocycles. The van der Waals surface area contributed by atoms with E-state index in [0.29, 0.717) is 16.6 Å². The van der Waals surface area contributed by atoms with Crippen molar-refractivity contribution in [3.63, 3.8) is 0 Å². The van der Waals surface area contributed by atoms with Crippen LogP contribution < -0.4 is 5.32 Å². The molecule has 0 bridgehead atoms. The Morgan fingerprint density at radius 2 is 1.94 bits per heavy atom. The Labute approximate surface area is 112 Å². The summed E-state index contributed by atoms with van der Waals surface area (Å²) in [6.45, 7) is 6.17. The zero-order valence-electron chi connectivity index (χ0n) is 10.4. The predicted octanol–water partition coefficient (Wildman–Crippen LogP) is 4.97. The van der Waals surface area contributed by atoms with Gasteiger partial charge in [-0.1, -0.05) is 36.5 Å². The largest absolute Gasteiger partial charge is 0.308 e. The van der Waals surface area contributed by atoms with E-state index in [1.54, 1.807) is 6.07 Å². The maximum atomic E-state index is 13.4. The third-order valence-corrected chi connectivity index (χ3v) is 3.48. The van der Waals surface area contributed by atoms with E-state index < -0.39 is 5.82 Å². The van der Waals surface area contributed by atoms with Crippen molar-refractivity contribution in [1.29, 1.82) is 0 Å². The first-order valence-corrected chi connectivity index (χ1v) is 6.62. The van der Waals surface area contributed by atoms with Crippen LogP contribution in [-0.4, -0.2) is 6.04 Å². The maximum absolute atomic E-state index is 13.4. The van der Waals surface area contributed by atoms with E-state index in [4.69, 9.17) is 23.2 Å². The van der Waals surface area contributed by atoms with Crippen LogP contribution in [0.4, 0.5) is 4.39 Å². The molecule has 1 nitrogen and oxygen atoms in total. The van der Waals surface area contributed by atoms with Crippen LogP contribution in [0, 0.1) is 5.82 Å². The average Bonchev–Trinajstić information content (AvgIpc) is 2.24. The Morgan fingerprint density at radius 3 is 2.53 bits per heavy atom. The third-order valence-electron chi connectivity index (χ3n) is 2.77. The highest BCUT2D eigenvalue weighted by molar-refractivity contribution is 6.36. The summed E-state index contributed by atoms with van der Waals surface area (Å²) >= 11 is 12.0. The summed E-state index contributed by atoms with van der Waals surface area (Å²) in [7, 11) is 0. The van der Waals surface area contributed by atoms with Gasteiger partial charge in [0.2, 0.25) is 0 Å². The normalized spacial score (nSPS) is 14.7. The van der Waals surface area contributed by atoms with Gasteiger partial charge in [-0.05, 0) is 32.4 Å². The zero-order chi connectivity index (χ0) is 13.0. The number of benzene rings is 1. The lowest BCUT2D eigenvalue weighted by Gasteiger charge is -2.22. The van der Waals surface area contributed by atoms with Crippen molar-refractivity contribution >= 4 is 23.2 Å². The molecule has 0 aromatic heterocycles. The molecule has 1 rings (SSSR count). The van der Waals surface area contributed by atoms with E-state index in [9.17, 15) is 4.39 Å². The molecule has 0 aliphatic rings. The molecule has 0 radical (unpaired) electrons. The van der Waals surface area contributed by atoms with Gasteiger partial charge in [0.25, 0.3) is 0 Å². The third kappa shape index (κ3) is 3.84. The van der Waals surface area contributed by atoms with Crippen molar-refractivity contribution in [2.45, 2.75) is 45.7 Å². The number of hydrogen-bond donors (Lipinski definition) is 1. The fourth-order valence-electron chi connectivity index (χ4n) is 1.97. The molecule has 1 aromatic carbocycles. The van der Waals surface area contributed by atoms with Gasteiger partial charge in [0.05, 0.1) is 5.02 Å². The molecule has 0 saturated heterocycles. The van der Waals surface area contributed by atoms with Crippen LogP contribution in [0.5, 0.6) is 0 Å². The molecule has 2 unspecified atom stereocenters. The molecule has 0 heterocycles. The van der Waals surface area contributed by atoms with Crippen molar-refractivity contribution in [3.05, 3.63) is 33.6 Å². The molecule has 96 valence electrons. The number of rotatable bonds is 5. The van der Waals surface area contributed by atoms with Crippen molar-refractivity contribution < 1.29 is 4.39 Å². The van der Waals surface area contributed by atoms with Gasteiger partial charge in [-0.3, -0.25) is 0 Å². The average molecular weight is 278 g/mol. The molecule has 4 heteroatoms. The minimum Gasteiger partial charge on any atom is -0.308 e. The van der Waals surface area contributed by atoms with Gasteiger partial charge in [0.15, 0.2) is 0 Å². The van der Waals surface area contributed by atoms with Crippen LogP contribution in [0.3, 0.4) is 0 Å². The number of halogens is 3. The standard InChI is InChI=1S/C13H18Cl2FN/c1-4-5-8(2)17-9(3)12-10(14)6-7-11(16)13(12)15/h6-9,17H,4-5H2,1-3H3. The first-order chi connectivity index (χ1) is 7.97. The van der Waals surface area contributed by atoms with E-state index in [1.165, 1.54) is 6.07 Å². The second-order valence-corrected chi connectivity index (χ2v) is 5.12. The lowest BCUT2D eigenvalue weighted by Crippen LogP contribution is -2.29. The van der Waals surface area contributed by atoms with Gasteiger partial charge in [-0.25, -0.2) is 4.39 Å². The summed E-state index contributed by atoms with van der Waals surface area (Å²) < 4.78 is 13.4. The summed E-state index contributed by atoms with van der Waals surface area (Å²) in [4.78, 5) is 0. The van der Waals surface area contributed by atoms with Crippen LogP contribution in [0.25, 0.3) is 0 Å². The van der Waals surface area contributed by atoms with Crippen molar-refractivity contribution in [3.8, 4) is 0 Å². The van der Waals surface area contributed by atoms with Gasteiger partial charge in [-0.2, -0.15) is 0 Å². The Balaban J connectivity index is 2.88. The van der Waals surface area contributed by atoms with E-state index in [0.717, 1.165) is 12.8 Å². The molecule has 2 atom stereocenters. The van der Waals surface area contributed by atoms with Crippen LogP contribution >= 0.6 is 23.2 Å². The second kappa shape index (κ2) is 6.58. The van der Waals surface area contributed by atoms with Gasteiger partial charge < -0.3 is 5.32 Å². The van der Waals surface area contributed by atoms with Crippen LogP contribution in [0.2, 0.25) is 10.0 Å². The van der Waals surface area contributed by atoms with E-state index in [-0.39, 0.29) is 11.1 Å². The highest BCUT2D eigenvalue weighted by Crippen LogP contribution is 2.32. The van der Waals surface area contributed by atoms with E-state index in [2.05, 4.69) is 19.2 Å². The van der Waals surface area contributed by atoms with Crippen LogP contribution in [0.15, 0.2) is 12.1 Å². The quantitative estimate of drug-likeness (QED) is 0.750. The summed E-state index contributed by atoms with van der Waals surface area (Å²) in [5.74, 6) is -0.428. The van der Waals surface area contributed by atoms with Gasteiger partial charge >= 0.3 is 0 Å². The summed E-state index contributed by atoms with van der Waals surface area (Å²) in [5.41, 5.74) is 0.635. The SMILES string of the molecule is CCCC(C)NC(C)c1c(Cl)ccc(F)c1Cl. The molecule has 0 aliphatic carbocycles. The minimum atomic E-state index is -0.428. The van der Waals surface area contributed by atoms with Gasteiger partial charge in [0.1, 0.15) is 5.82 Å². The Morgan fingerprint density at radius 1 is 1.29 bits per heavy atom. The molecular weight excluding hydrogens is 260 g/mol. The number of hydrogen-bond acceptors (Lipinski definition) is 1. The minimum absolute atomic E-state index is 0.0627. The molecule has 0 amide bonds. The fourth-order valence-corrected chi connectivity index (χ4v) is 2.66. The Bertz CT molecular complexity index is 382. The van der Waals surface area contributed by atoms with Crippen LogP contribution in [-0.2, 0) is 0 Å². The lowest BCUT2D eigenvalue weighted by molar-refractivity contribution is 0.451. The zero-order valence-corrected chi connectivity index (χ0v) is 11.9. The highest BCUT2D eigenvalue weighted by Gasteiger charge is 2.18.